The van der Waals surface area contributed by atoms with Gasteiger partial charge in [0, 0.05) is 0 Å². The fraction of sp³-hybridized carbons (Fsp3) is 0.133. The maximum Gasteiger partial charge on any atom is 0.245 e. The number of carbonyl (C=O) groups is 1. The van der Waals surface area contributed by atoms with Crippen molar-refractivity contribution in [2.45, 2.75) is 13.0 Å². The lowest BCUT2D eigenvalue weighted by atomic mass is 10.1. The molecule has 0 aromatic heterocycles. The van der Waals surface area contributed by atoms with Gasteiger partial charge in [-0.1, -0.05) is 42.0 Å². The quantitative estimate of drug-likeness (QED) is 0.889. The Labute approximate surface area is 111 Å². The van der Waals surface area contributed by atoms with Gasteiger partial charge in [0.25, 0.3) is 0 Å². The van der Waals surface area contributed by atoms with E-state index in [0.29, 0.717) is 5.56 Å². The largest absolute Gasteiger partial charge is 0.322 e. The number of amides is 1. The molecule has 0 saturated heterocycles. The Morgan fingerprint density at radius 2 is 1.79 bits per heavy atom. The number of anilines is 1. The van der Waals surface area contributed by atoms with Crippen LogP contribution in [0, 0.1) is 12.7 Å². The molecular formula is C15H15FN2O. The van der Waals surface area contributed by atoms with E-state index in [0.717, 1.165) is 5.56 Å². The first-order valence-electron chi connectivity index (χ1n) is 5.95. The lowest BCUT2D eigenvalue weighted by molar-refractivity contribution is -0.117. The maximum atomic E-state index is 13.4. The van der Waals surface area contributed by atoms with Gasteiger partial charge in [0.15, 0.2) is 0 Å². The highest BCUT2D eigenvalue weighted by Crippen LogP contribution is 2.17. The zero-order chi connectivity index (χ0) is 13.8. The molecule has 98 valence electrons. The molecule has 2 aromatic rings. The molecule has 0 aliphatic carbocycles. The molecule has 0 heterocycles. The van der Waals surface area contributed by atoms with E-state index in [1.807, 2.05) is 19.1 Å². The monoisotopic (exact) mass is 258 g/mol. The molecule has 19 heavy (non-hydrogen) atoms. The predicted octanol–water partition coefficient (Wildman–Crippen LogP) is 2.77. The van der Waals surface area contributed by atoms with Crippen molar-refractivity contribution in [3.05, 3.63) is 65.5 Å². The second-order valence-corrected chi connectivity index (χ2v) is 4.36. The number of halogens is 1. The average Bonchev–Trinajstić information content (AvgIpc) is 2.41. The first-order valence-corrected chi connectivity index (χ1v) is 5.95. The SMILES string of the molecule is Cc1ccc(C(N)C(=O)Nc2ccccc2F)cc1. The number of nitrogens with one attached hydrogen (secondary N) is 1. The molecule has 0 bridgehead atoms. The minimum Gasteiger partial charge on any atom is -0.322 e. The van der Waals surface area contributed by atoms with Gasteiger partial charge in [-0.3, -0.25) is 4.79 Å². The van der Waals surface area contributed by atoms with Crippen molar-refractivity contribution >= 4 is 11.6 Å². The fourth-order valence-corrected chi connectivity index (χ4v) is 1.70. The van der Waals surface area contributed by atoms with E-state index in [9.17, 15) is 9.18 Å². The van der Waals surface area contributed by atoms with Crippen LogP contribution in [0.1, 0.15) is 17.2 Å². The summed E-state index contributed by atoms with van der Waals surface area (Å²) in [5.41, 5.74) is 7.77. The molecule has 0 radical (unpaired) electrons. The Morgan fingerprint density at radius 3 is 2.42 bits per heavy atom. The highest BCUT2D eigenvalue weighted by atomic mass is 19.1. The van der Waals surface area contributed by atoms with Crippen LogP contribution in [-0.4, -0.2) is 5.91 Å². The maximum absolute atomic E-state index is 13.4. The first-order chi connectivity index (χ1) is 9.08. The van der Waals surface area contributed by atoms with Crippen molar-refractivity contribution in [3.63, 3.8) is 0 Å². The van der Waals surface area contributed by atoms with Crippen LogP contribution in [0.25, 0.3) is 0 Å². The summed E-state index contributed by atoms with van der Waals surface area (Å²) in [6, 6.07) is 12.5. The standard InChI is InChI=1S/C15H15FN2O/c1-10-6-8-11(9-7-10)14(17)15(19)18-13-5-3-2-4-12(13)16/h2-9,14H,17H2,1H3,(H,18,19). The zero-order valence-electron chi connectivity index (χ0n) is 10.6. The minimum absolute atomic E-state index is 0.134. The molecule has 0 fully saturated rings. The number of hydrogen-bond acceptors (Lipinski definition) is 2. The Balaban J connectivity index is 2.12. The molecular weight excluding hydrogens is 243 g/mol. The first kappa shape index (κ1) is 13.2. The Kier molecular flexibility index (Phi) is 3.92. The van der Waals surface area contributed by atoms with E-state index >= 15 is 0 Å². The van der Waals surface area contributed by atoms with Crippen molar-refractivity contribution < 1.29 is 9.18 Å². The summed E-state index contributed by atoms with van der Waals surface area (Å²) in [6.45, 7) is 1.95. The number of nitrogens with two attached hydrogens (primary N) is 1. The van der Waals surface area contributed by atoms with E-state index < -0.39 is 17.8 Å². The van der Waals surface area contributed by atoms with Crippen molar-refractivity contribution in [1.29, 1.82) is 0 Å². The Morgan fingerprint density at radius 1 is 1.16 bits per heavy atom. The summed E-state index contributed by atoms with van der Waals surface area (Å²) < 4.78 is 13.4. The van der Waals surface area contributed by atoms with Crippen molar-refractivity contribution in [3.8, 4) is 0 Å². The highest BCUT2D eigenvalue weighted by molar-refractivity contribution is 5.95. The summed E-state index contributed by atoms with van der Waals surface area (Å²) >= 11 is 0. The van der Waals surface area contributed by atoms with Gasteiger partial charge in [-0.15, -0.1) is 0 Å². The van der Waals surface area contributed by atoms with Gasteiger partial charge < -0.3 is 11.1 Å². The third-order valence-corrected chi connectivity index (χ3v) is 2.85. The second-order valence-electron chi connectivity index (χ2n) is 4.36. The fourth-order valence-electron chi connectivity index (χ4n) is 1.70. The van der Waals surface area contributed by atoms with Crippen LogP contribution >= 0.6 is 0 Å². The molecule has 4 heteroatoms. The van der Waals surface area contributed by atoms with E-state index in [1.165, 1.54) is 12.1 Å². The Bertz CT molecular complexity index is 581. The highest BCUT2D eigenvalue weighted by Gasteiger charge is 2.16. The number of rotatable bonds is 3. The van der Waals surface area contributed by atoms with Crippen LogP contribution in [0.3, 0.4) is 0 Å². The molecule has 0 aliphatic rings. The van der Waals surface area contributed by atoms with Crippen LogP contribution in [0.15, 0.2) is 48.5 Å². The normalized spacial score (nSPS) is 11.9. The van der Waals surface area contributed by atoms with Gasteiger partial charge in [0.05, 0.1) is 5.69 Å². The van der Waals surface area contributed by atoms with Crippen LogP contribution in [0.5, 0.6) is 0 Å². The summed E-state index contributed by atoms with van der Waals surface area (Å²) in [5, 5.41) is 2.48. The van der Waals surface area contributed by atoms with E-state index in [4.69, 9.17) is 5.73 Å². The van der Waals surface area contributed by atoms with Crippen LogP contribution in [0.4, 0.5) is 10.1 Å². The summed E-state index contributed by atoms with van der Waals surface area (Å²) in [4.78, 5) is 11.9. The molecule has 2 rings (SSSR count). The second kappa shape index (κ2) is 5.63. The van der Waals surface area contributed by atoms with Gasteiger partial charge >= 0.3 is 0 Å². The number of benzene rings is 2. The third kappa shape index (κ3) is 3.17. The van der Waals surface area contributed by atoms with E-state index in [2.05, 4.69) is 5.32 Å². The topological polar surface area (TPSA) is 55.1 Å². The number of aryl methyl sites for hydroxylation is 1. The van der Waals surface area contributed by atoms with Crippen molar-refractivity contribution in [1.82, 2.24) is 0 Å². The van der Waals surface area contributed by atoms with Crippen molar-refractivity contribution in [2.24, 2.45) is 5.73 Å². The van der Waals surface area contributed by atoms with E-state index in [1.54, 1.807) is 24.3 Å². The van der Waals surface area contributed by atoms with Gasteiger partial charge in [0.2, 0.25) is 5.91 Å². The Hall–Kier alpha value is -2.20. The number of carbonyl (C=O) groups excluding carboxylic acids is 1. The molecule has 1 atom stereocenters. The lowest BCUT2D eigenvalue weighted by Gasteiger charge is -2.13. The zero-order valence-corrected chi connectivity index (χ0v) is 10.6. The van der Waals surface area contributed by atoms with Crippen LogP contribution in [-0.2, 0) is 4.79 Å². The van der Waals surface area contributed by atoms with Gasteiger partial charge in [0.1, 0.15) is 11.9 Å². The third-order valence-electron chi connectivity index (χ3n) is 2.85. The van der Waals surface area contributed by atoms with Gasteiger partial charge in [-0.05, 0) is 24.6 Å². The molecule has 3 N–H and O–H groups in total. The van der Waals surface area contributed by atoms with Gasteiger partial charge in [-0.2, -0.15) is 0 Å². The molecule has 0 spiro atoms. The van der Waals surface area contributed by atoms with Gasteiger partial charge in [-0.25, -0.2) is 4.39 Å². The average molecular weight is 258 g/mol. The smallest absolute Gasteiger partial charge is 0.245 e. The lowest BCUT2D eigenvalue weighted by Crippen LogP contribution is -2.28. The molecule has 1 amide bonds. The summed E-state index contributed by atoms with van der Waals surface area (Å²) in [6.07, 6.45) is 0. The van der Waals surface area contributed by atoms with Crippen LogP contribution < -0.4 is 11.1 Å². The molecule has 1 unspecified atom stereocenters. The molecule has 0 aliphatic heterocycles. The van der Waals surface area contributed by atoms with Crippen LogP contribution in [0.2, 0.25) is 0 Å². The number of para-hydroxylation sites is 1. The molecule has 0 saturated carbocycles. The molecule has 2 aromatic carbocycles. The van der Waals surface area contributed by atoms with E-state index in [-0.39, 0.29) is 5.69 Å². The molecule has 3 nitrogen and oxygen atoms in total. The minimum atomic E-state index is -0.819. The summed E-state index contributed by atoms with van der Waals surface area (Å²) in [5.74, 6) is -0.916. The van der Waals surface area contributed by atoms with Crippen molar-refractivity contribution in [2.75, 3.05) is 5.32 Å². The summed E-state index contributed by atoms with van der Waals surface area (Å²) in [7, 11) is 0. The number of hydrogen-bond donors (Lipinski definition) is 2. The predicted molar refractivity (Wildman–Crippen MR) is 73.1 cm³/mol.